The fourth-order valence-electron chi connectivity index (χ4n) is 7.47. The predicted octanol–water partition coefficient (Wildman–Crippen LogP) is 11.2. The molecule has 2 nitrogen and oxygen atoms in total. The summed E-state index contributed by atoms with van der Waals surface area (Å²) in [4.78, 5) is 0. The summed E-state index contributed by atoms with van der Waals surface area (Å²) in [6.07, 6.45) is 6.39. The molecule has 0 amide bonds. The van der Waals surface area contributed by atoms with Gasteiger partial charge in [-0.05, 0) is 88.5 Å². The van der Waals surface area contributed by atoms with Crippen molar-refractivity contribution in [1.82, 2.24) is 9.13 Å². The van der Waals surface area contributed by atoms with Crippen LogP contribution in [-0.4, -0.2) is 9.13 Å². The number of aromatic nitrogens is 2. The molecule has 0 N–H and O–H groups in total. The molecule has 0 saturated heterocycles. The van der Waals surface area contributed by atoms with Crippen LogP contribution < -0.4 is 0 Å². The van der Waals surface area contributed by atoms with Crippen LogP contribution in [0.4, 0.5) is 0 Å². The minimum absolute atomic E-state index is 1.14. The van der Waals surface area contributed by atoms with Crippen molar-refractivity contribution in [3.8, 4) is 33.6 Å². The lowest BCUT2D eigenvalue weighted by Crippen LogP contribution is -1.98. The number of benzene rings is 6. The van der Waals surface area contributed by atoms with Crippen molar-refractivity contribution in [3.63, 3.8) is 0 Å². The Morgan fingerprint density at radius 1 is 0.535 bits per heavy atom. The molecule has 0 radical (unpaired) electrons. The molecule has 0 fully saturated rings. The fourth-order valence-corrected chi connectivity index (χ4v) is 7.47. The average molecular weight is 549 g/mol. The van der Waals surface area contributed by atoms with Crippen molar-refractivity contribution < 1.29 is 0 Å². The normalized spacial score (nSPS) is 12.3. The molecule has 0 unspecified atom stereocenters. The third-order valence-electron chi connectivity index (χ3n) is 9.13. The van der Waals surface area contributed by atoms with Crippen LogP contribution in [0.25, 0.3) is 89.3 Å². The molecule has 1 aliphatic rings. The second kappa shape index (κ2) is 8.95. The summed E-state index contributed by atoms with van der Waals surface area (Å²) in [5.41, 5.74) is 13.4. The number of hydrogen-bond donors (Lipinski definition) is 0. The van der Waals surface area contributed by atoms with Gasteiger partial charge in [-0.25, -0.2) is 0 Å². The zero-order chi connectivity index (χ0) is 28.7. The van der Waals surface area contributed by atoms with Gasteiger partial charge in [0.2, 0.25) is 0 Å². The molecule has 1 aliphatic carbocycles. The van der Waals surface area contributed by atoms with Gasteiger partial charge in [0.1, 0.15) is 0 Å². The van der Waals surface area contributed by atoms with Crippen LogP contribution in [0.3, 0.4) is 0 Å². The highest BCUT2D eigenvalue weighted by Gasteiger charge is 2.25. The lowest BCUT2D eigenvalue weighted by atomic mass is 10.0. The van der Waals surface area contributed by atoms with Gasteiger partial charge in [-0.2, -0.15) is 0 Å². The SMILES string of the molecule is C=Cc1c(/C=C\C)n(-c2ccc3c(c2)-c2cccc4cccc-3c24)c2ccc3c(c4ccccc4n3-c3ccccc3)c12. The molecule has 9 rings (SSSR count). The Kier molecular flexibility index (Phi) is 5.00. The monoisotopic (exact) mass is 548 g/mol. The number of allylic oxidation sites excluding steroid dienone is 1. The highest BCUT2D eigenvalue weighted by molar-refractivity contribution is 6.24. The van der Waals surface area contributed by atoms with Gasteiger partial charge in [0.25, 0.3) is 0 Å². The maximum Gasteiger partial charge on any atom is 0.0548 e. The Balaban J connectivity index is 1.40. The molecule has 0 aliphatic heterocycles. The van der Waals surface area contributed by atoms with Gasteiger partial charge in [0.05, 0.1) is 22.2 Å². The number of para-hydroxylation sites is 2. The first-order chi connectivity index (χ1) is 21.3. The summed E-state index contributed by atoms with van der Waals surface area (Å²) in [7, 11) is 0. The molecule has 8 aromatic rings. The molecule has 0 atom stereocenters. The first-order valence-electron chi connectivity index (χ1n) is 14.9. The number of rotatable bonds is 4. The summed E-state index contributed by atoms with van der Waals surface area (Å²) in [5, 5.41) is 6.38. The Morgan fingerprint density at radius 3 is 2.02 bits per heavy atom. The Morgan fingerprint density at radius 2 is 1.26 bits per heavy atom. The molecule has 6 aromatic carbocycles. The van der Waals surface area contributed by atoms with Crippen molar-refractivity contribution in [2.45, 2.75) is 6.92 Å². The standard InChI is InChI=1S/C41H28N2/c1-3-12-35-29(4-2)40-37(23-24-38-41(40)33-17-8-9-20-36(33)42(38)27-15-6-5-7-16-27)43(35)28-21-22-30-31-18-10-13-26-14-11-19-32(39(26)31)34(30)25-28/h3-25H,2H2,1H3/b12-3-. The van der Waals surface area contributed by atoms with Crippen molar-refractivity contribution in [2.24, 2.45) is 0 Å². The lowest BCUT2D eigenvalue weighted by molar-refractivity contribution is 1.11. The van der Waals surface area contributed by atoms with E-state index in [-0.39, 0.29) is 0 Å². The van der Waals surface area contributed by atoms with Crippen molar-refractivity contribution in [3.05, 3.63) is 145 Å². The summed E-state index contributed by atoms with van der Waals surface area (Å²) >= 11 is 0. The topological polar surface area (TPSA) is 9.86 Å². The van der Waals surface area contributed by atoms with E-state index in [9.17, 15) is 0 Å². The van der Waals surface area contributed by atoms with Crippen LogP contribution in [0.15, 0.2) is 134 Å². The highest BCUT2D eigenvalue weighted by Crippen LogP contribution is 2.48. The van der Waals surface area contributed by atoms with Crippen LogP contribution in [0.5, 0.6) is 0 Å². The van der Waals surface area contributed by atoms with Crippen molar-refractivity contribution in [1.29, 1.82) is 0 Å². The average Bonchev–Trinajstić information content (AvgIpc) is 3.68. The van der Waals surface area contributed by atoms with E-state index in [1.165, 1.54) is 65.7 Å². The molecule has 0 bridgehead atoms. The summed E-state index contributed by atoms with van der Waals surface area (Å²) in [6, 6.07) is 44.2. The third-order valence-corrected chi connectivity index (χ3v) is 9.13. The fraction of sp³-hybridized carbons (Fsp3) is 0.0244. The molecular weight excluding hydrogens is 520 g/mol. The van der Waals surface area contributed by atoms with E-state index < -0.39 is 0 Å². The van der Waals surface area contributed by atoms with Gasteiger partial charge in [0.15, 0.2) is 0 Å². The van der Waals surface area contributed by atoms with Gasteiger partial charge < -0.3 is 9.13 Å². The molecule has 2 heteroatoms. The predicted molar refractivity (Wildman–Crippen MR) is 184 cm³/mol. The maximum absolute atomic E-state index is 4.34. The Hall–Kier alpha value is -5.60. The van der Waals surface area contributed by atoms with E-state index >= 15 is 0 Å². The highest BCUT2D eigenvalue weighted by atomic mass is 15.0. The van der Waals surface area contributed by atoms with E-state index in [4.69, 9.17) is 0 Å². The second-order valence-electron chi connectivity index (χ2n) is 11.3. The van der Waals surface area contributed by atoms with E-state index in [2.05, 4.69) is 156 Å². The van der Waals surface area contributed by atoms with Crippen molar-refractivity contribution >= 4 is 55.6 Å². The lowest BCUT2D eigenvalue weighted by Gasteiger charge is -2.12. The first kappa shape index (κ1) is 24.0. The van der Waals surface area contributed by atoms with Crippen LogP contribution in [-0.2, 0) is 0 Å². The van der Waals surface area contributed by atoms with E-state index in [0.717, 1.165) is 22.6 Å². The van der Waals surface area contributed by atoms with Gasteiger partial charge in [-0.1, -0.05) is 97.6 Å². The molecule has 2 heterocycles. The Bertz CT molecular complexity index is 2460. The smallest absolute Gasteiger partial charge is 0.0548 e. The number of fused-ring (bicyclic) bond motifs is 8. The van der Waals surface area contributed by atoms with Gasteiger partial charge in [0, 0.05) is 33.1 Å². The van der Waals surface area contributed by atoms with Crippen LogP contribution in [0.2, 0.25) is 0 Å². The Labute approximate surface area is 250 Å². The van der Waals surface area contributed by atoms with Crippen molar-refractivity contribution in [2.75, 3.05) is 0 Å². The first-order valence-corrected chi connectivity index (χ1v) is 14.9. The maximum atomic E-state index is 4.34. The van der Waals surface area contributed by atoms with Crippen LogP contribution in [0, 0.1) is 0 Å². The van der Waals surface area contributed by atoms with Crippen LogP contribution in [0.1, 0.15) is 18.2 Å². The molecule has 0 spiro atoms. The molecule has 2 aromatic heterocycles. The zero-order valence-electron chi connectivity index (χ0n) is 23.9. The quantitative estimate of drug-likeness (QED) is 0.207. The second-order valence-corrected chi connectivity index (χ2v) is 11.3. The number of nitrogens with zero attached hydrogens (tertiary/aromatic N) is 2. The summed E-state index contributed by atoms with van der Waals surface area (Å²) in [6.45, 7) is 6.43. The van der Waals surface area contributed by atoms with Gasteiger partial charge >= 0.3 is 0 Å². The minimum atomic E-state index is 1.14. The van der Waals surface area contributed by atoms with Gasteiger partial charge in [-0.15, -0.1) is 0 Å². The summed E-state index contributed by atoms with van der Waals surface area (Å²) < 4.78 is 4.81. The zero-order valence-corrected chi connectivity index (χ0v) is 23.9. The van der Waals surface area contributed by atoms with Crippen LogP contribution >= 0.6 is 0 Å². The molecule has 202 valence electrons. The summed E-state index contributed by atoms with van der Waals surface area (Å²) in [5.74, 6) is 0. The number of hydrogen-bond acceptors (Lipinski definition) is 0. The largest absolute Gasteiger partial charge is 0.309 e. The van der Waals surface area contributed by atoms with Gasteiger partial charge in [-0.3, -0.25) is 0 Å². The van der Waals surface area contributed by atoms with E-state index in [1.807, 2.05) is 6.08 Å². The molecular formula is C41H28N2. The van der Waals surface area contributed by atoms with E-state index in [0.29, 0.717) is 0 Å². The molecule has 43 heavy (non-hydrogen) atoms. The van der Waals surface area contributed by atoms with E-state index in [1.54, 1.807) is 0 Å². The third kappa shape index (κ3) is 3.18. The molecule has 0 saturated carbocycles. The minimum Gasteiger partial charge on any atom is -0.309 e.